The molecule has 0 saturated carbocycles. The molecule has 1 N–H and O–H groups in total. The van der Waals surface area contributed by atoms with E-state index in [0.29, 0.717) is 18.3 Å². The molecule has 0 fully saturated rings. The molecule has 0 saturated heterocycles. The van der Waals surface area contributed by atoms with E-state index in [1.54, 1.807) is 4.68 Å². The largest absolute Gasteiger partial charge is 0.493 e. The number of rotatable bonds is 9. The molecular formula is C22H27N5O2S. The van der Waals surface area contributed by atoms with E-state index < -0.39 is 0 Å². The number of carbonyl (C=O) groups is 1. The van der Waals surface area contributed by atoms with Gasteiger partial charge in [0.15, 0.2) is 0 Å². The molecule has 0 radical (unpaired) electrons. The van der Waals surface area contributed by atoms with Crippen LogP contribution in [0, 0.1) is 27.7 Å². The Bertz CT molecular complexity index is 1000. The first-order valence-electron chi connectivity index (χ1n) is 9.89. The second-order valence-electron chi connectivity index (χ2n) is 7.25. The number of tetrazole rings is 1. The zero-order chi connectivity index (χ0) is 21.5. The Morgan fingerprint density at radius 1 is 1.10 bits per heavy atom. The fourth-order valence-corrected chi connectivity index (χ4v) is 3.65. The molecule has 1 amide bonds. The van der Waals surface area contributed by atoms with Gasteiger partial charge in [0.1, 0.15) is 5.75 Å². The predicted molar refractivity (Wildman–Crippen MR) is 118 cm³/mol. The van der Waals surface area contributed by atoms with Crippen LogP contribution in [0.25, 0.3) is 5.69 Å². The number of amides is 1. The highest BCUT2D eigenvalue weighted by Gasteiger charge is 2.11. The third-order valence-electron chi connectivity index (χ3n) is 4.72. The van der Waals surface area contributed by atoms with Gasteiger partial charge in [-0.25, -0.2) is 0 Å². The van der Waals surface area contributed by atoms with Crippen LogP contribution < -0.4 is 10.1 Å². The summed E-state index contributed by atoms with van der Waals surface area (Å²) in [5, 5.41) is 15.3. The van der Waals surface area contributed by atoms with Crippen LogP contribution in [0.1, 0.15) is 28.7 Å². The lowest BCUT2D eigenvalue weighted by atomic mass is 10.1. The van der Waals surface area contributed by atoms with Crippen molar-refractivity contribution in [3.8, 4) is 11.4 Å². The Morgan fingerprint density at radius 3 is 2.63 bits per heavy atom. The third-order valence-corrected chi connectivity index (χ3v) is 5.64. The van der Waals surface area contributed by atoms with Gasteiger partial charge < -0.3 is 10.1 Å². The molecule has 0 bridgehead atoms. The zero-order valence-electron chi connectivity index (χ0n) is 17.8. The Hall–Kier alpha value is -2.87. The van der Waals surface area contributed by atoms with Crippen molar-refractivity contribution in [2.75, 3.05) is 18.9 Å². The molecule has 0 unspecified atom stereocenters. The van der Waals surface area contributed by atoms with Crippen molar-refractivity contribution in [3.63, 3.8) is 0 Å². The topological polar surface area (TPSA) is 81.9 Å². The molecule has 0 aliphatic rings. The van der Waals surface area contributed by atoms with Gasteiger partial charge in [-0.3, -0.25) is 4.79 Å². The van der Waals surface area contributed by atoms with Gasteiger partial charge in [-0.2, -0.15) is 4.68 Å². The van der Waals surface area contributed by atoms with Crippen LogP contribution in [-0.2, 0) is 4.79 Å². The van der Waals surface area contributed by atoms with E-state index >= 15 is 0 Å². The lowest BCUT2D eigenvalue weighted by Gasteiger charge is -2.12. The van der Waals surface area contributed by atoms with Gasteiger partial charge in [0, 0.05) is 6.54 Å². The summed E-state index contributed by atoms with van der Waals surface area (Å²) in [4.78, 5) is 12.2. The summed E-state index contributed by atoms with van der Waals surface area (Å²) in [5.74, 6) is 1.11. The van der Waals surface area contributed by atoms with Gasteiger partial charge in [-0.05, 0) is 79.4 Å². The Labute approximate surface area is 181 Å². The fraction of sp³-hybridized carbons (Fsp3) is 0.364. The van der Waals surface area contributed by atoms with Crippen LogP contribution >= 0.6 is 11.8 Å². The highest BCUT2D eigenvalue weighted by molar-refractivity contribution is 7.99. The van der Waals surface area contributed by atoms with Crippen LogP contribution in [0.5, 0.6) is 5.75 Å². The van der Waals surface area contributed by atoms with Crippen molar-refractivity contribution < 1.29 is 9.53 Å². The number of hydrogen-bond acceptors (Lipinski definition) is 6. The van der Waals surface area contributed by atoms with Crippen LogP contribution in [0.4, 0.5) is 0 Å². The van der Waals surface area contributed by atoms with Crippen LogP contribution in [0.15, 0.2) is 41.6 Å². The SMILES string of the molecule is Cc1ccc(-n2nnnc2SCC(=O)NCCCOc2cc(C)cc(C)c2C)cc1. The van der Waals surface area contributed by atoms with E-state index in [9.17, 15) is 4.79 Å². The number of ether oxygens (including phenoxy) is 1. The van der Waals surface area contributed by atoms with Crippen LogP contribution in [0.3, 0.4) is 0 Å². The first kappa shape index (κ1) is 21.8. The van der Waals surface area contributed by atoms with Crippen molar-refractivity contribution >= 4 is 17.7 Å². The maximum atomic E-state index is 12.2. The molecule has 1 heterocycles. The number of aryl methyl sites for hydroxylation is 3. The molecular weight excluding hydrogens is 398 g/mol. The lowest BCUT2D eigenvalue weighted by Crippen LogP contribution is -2.27. The number of hydrogen-bond donors (Lipinski definition) is 1. The van der Waals surface area contributed by atoms with Crippen molar-refractivity contribution in [2.24, 2.45) is 0 Å². The van der Waals surface area contributed by atoms with E-state index in [2.05, 4.69) is 53.7 Å². The van der Waals surface area contributed by atoms with Gasteiger partial charge in [0.2, 0.25) is 11.1 Å². The number of nitrogens with one attached hydrogen (secondary N) is 1. The molecule has 3 rings (SSSR count). The maximum Gasteiger partial charge on any atom is 0.230 e. The van der Waals surface area contributed by atoms with Gasteiger partial charge in [0.05, 0.1) is 18.0 Å². The normalized spacial score (nSPS) is 10.8. The molecule has 0 atom stereocenters. The summed E-state index contributed by atoms with van der Waals surface area (Å²) in [6, 6.07) is 12.1. The lowest BCUT2D eigenvalue weighted by molar-refractivity contribution is -0.118. The van der Waals surface area contributed by atoms with E-state index in [0.717, 1.165) is 29.0 Å². The first-order valence-corrected chi connectivity index (χ1v) is 10.9. The summed E-state index contributed by atoms with van der Waals surface area (Å²) in [7, 11) is 0. The average Bonchev–Trinajstić information content (AvgIpc) is 3.18. The van der Waals surface area contributed by atoms with Crippen LogP contribution in [-0.4, -0.2) is 45.0 Å². The number of benzene rings is 2. The van der Waals surface area contributed by atoms with Crippen molar-refractivity contribution in [3.05, 3.63) is 58.7 Å². The third kappa shape index (κ3) is 5.82. The van der Waals surface area contributed by atoms with E-state index in [1.165, 1.54) is 22.9 Å². The van der Waals surface area contributed by atoms with E-state index in [-0.39, 0.29) is 11.7 Å². The summed E-state index contributed by atoms with van der Waals surface area (Å²) in [6.45, 7) is 9.36. The summed E-state index contributed by atoms with van der Waals surface area (Å²) < 4.78 is 7.52. The van der Waals surface area contributed by atoms with Gasteiger partial charge in [-0.1, -0.05) is 35.5 Å². The van der Waals surface area contributed by atoms with Crippen molar-refractivity contribution in [1.29, 1.82) is 0 Å². The monoisotopic (exact) mass is 425 g/mol. The molecule has 2 aromatic carbocycles. The molecule has 8 heteroatoms. The standard InChI is InChI=1S/C22H27N5O2S/c1-15-6-8-19(9-7-15)27-22(24-25-26-27)30-14-21(28)23-10-5-11-29-20-13-16(2)12-17(3)18(20)4/h6-9,12-13H,5,10-11,14H2,1-4H3,(H,23,28). The maximum absolute atomic E-state index is 12.2. The second-order valence-corrected chi connectivity index (χ2v) is 8.20. The number of aromatic nitrogens is 4. The highest BCUT2D eigenvalue weighted by Crippen LogP contribution is 2.23. The van der Waals surface area contributed by atoms with Gasteiger partial charge >= 0.3 is 0 Å². The summed E-state index contributed by atoms with van der Waals surface area (Å²) in [5.41, 5.74) is 5.60. The van der Waals surface area contributed by atoms with Crippen molar-refractivity contribution in [1.82, 2.24) is 25.5 Å². The molecule has 0 spiro atoms. The smallest absolute Gasteiger partial charge is 0.230 e. The van der Waals surface area contributed by atoms with Crippen LogP contribution in [0.2, 0.25) is 0 Å². The molecule has 3 aromatic rings. The fourth-order valence-electron chi connectivity index (χ4n) is 2.93. The highest BCUT2D eigenvalue weighted by atomic mass is 32.2. The van der Waals surface area contributed by atoms with Gasteiger partial charge in [-0.15, -0.1) is 5.10 Å². The first-order chi connectivity index (χ1) is 14.4. The quantitative estimate of drug-likeness (QED) is 0.417. The van der Waals surface area contributed by atoms with E-state index in [1.807, 2.05) is 31.2 Å². The average molecular weight is 426 g/mol. The molecule has 158 valence electrons. The second kappa shape index (κ2) is 10.2. The molecule has 1 aromatic heterocycles. The molecule has 30 heavy (non-hydrogen) atoms. The minimum atomic E-state index is -0.0546. The van der Waals surface area contributed by atoms with Crippen molar-refractivity contribution in [2.45, 2.75) is 39.3 Å². The minimum Gasteiger partial charge on any atom is -0.493 e. The molecule has 0 aliphatic heterocycles. The molecule has 7 nitrogen and oxygen atoms in total. The molecule has 0 aliphatic carbocycles. The zero-order valence-corrected chi connectivity index (χ0v) is 18.6. The minimum absolute atomic E-state index is 0.0546. The number of nitrogens with zero attached hydrogens (tertiary/aromatic N) is 4. The number of carbonyl (C=O) groups excluding carboxylic acids is 1. The van der Waals surface area contributed by atoms with E-state index in [4.69, 9.17) is 4.74 Å². The Morgan fingerprint density at radius 2 is 1.87 bits per heavy atom. The Kier molecular flexibility index (Phi) is 7.46. The number of thioether (sulfide) groups is 1. The Balaban J connectivity index is 1.40. The predicted octanol–water partition coefficient (Wildman–Crippen LogP) is 3.57. The summed E-state index contributed by atoms with van der Waals surface area (Å²) in [6.07, 6.45) is 0.740. The van der Waals surface area contributed by atoms with Gasteiger partial charge in [0.25, 0.3) is 0 Å². The summed E-state index contributed by atoms with van der Waals surface area (Å²) >= 11 is 1.31.